The van der Waals surface area contributed by atoms with Gasteiger partial charge in [-0.1, -0.05) is 42.5 Å². The minimum Gasteiger partial charge on any atom is -0.326 e. The molecule has 0 aliphatic heterocycles. The molecule has 0 aromatic heterocycles. The highest BCUT2D eigenvalue weighted by atomic mass is 16.2. The highest BCUT2D eigenvalue weighted by Gasteiger charge is 2.16. The van der Waals surface area contributed by atoms with Gasteiger partial charge in [-0.25, -0.2) is 0 Å². The van der Waals surface area contributed by atoms with Gasteiger partial charge in [-0.3, -0.25) is 9.59 Å². The molecule has 4 nitrogen and oxygen atoms in total. The standard InChI is InChI=1S/C24H24N2O2/c1-3-26(22-11-7-8-18(2)16-22)24(28)20-12-14-21(15-13-20)25-23(27)17-19-9-5-4-6-10-19/h4-16H,3,17H2,1-2H3,(H,25,27). The first-order valence-electron chi connectivity index (χ1n) is 9.39. The number of amides is 2. The summed E-state index contributed by atoms with van der Waals surface area (Å²) < 4.78 is 0. The maximum atomic E-state index is 12.9. The molecule has 0 aliphatic rings. The van der Waals surface area contributed by atoms with Crippen molar-refractivity contribution in [2.24, 2.45) is 0 Å². The van der Waals surface area contributed by atoms with Crippen LogP contribution in [0.15, 0.2) is 78.9 Å². The maximum absolute atomic E-state index is 12.9. The van der Waals surface area contributed by atoms with Crippen LogP contribution >= 0.6 is 0 Å². The summed E-state index contributed by atoms with van der Waals surface area (Å²) in [5.74, 6) is -0.143. The van der Waals surface area contributed by atoms with Crippen LogP contribution in [0, 0.1) is 6.92 Å². The molecule has 1 N–H and O–H groups in total. The van der Waals surface area contributed by atoms with E-state index in [-0.39, 0.29) is 11.8 Å². The Bertz CT molecular complexity index is 950. The predicted molar refractivity (Wildman–Crippen MR) is 114 cm³/mol. The zero-order valence-electron chi connectivity index (χ0n) is 16.2. The SMILES string of the molecule is CCN(C(=O)c1ccc(NC(=O)Cc2ccccc2)cc1)c1cccc(C)c1. The normalized spacial score (nSPS) is 10.4. The van der Waals surface area contributed by atoms with Gasteiger partial charge in [0.2, 0.25) is 5.91 Å². The molecule has 3 rings (SSSR count). The zero-order valence-corrected chi connectivity index (χ0v) is 16.2. The molecule has 0 bridgehead atoms. The summed E-state index contributed by atoms with van der Waals surface area (Å²) in [5, 5.41) is 2.88. The van der Waals surface area contributed by atoms with Gasteiger partial charge in [-0.05, 0) is 61.4 Å². The van der Waals surface area contributed by atoms with E-state index in [1.54, 1.807) is 29.2 Å². The van der Waals surface area contributed by atoms with Crippen LogP contribution in [0.25, 0.3) is 0 Å². The van der Waals surface area contributed by atoms with Crippen LogP contribution in [0.1, 0.15) is 28.4 Å². The molecule has 4 heteroatoms. The van der Waals surface area contributed by atoms with E-state index in [0.29, 0.717) is 24.2 Å². The fraction of sp³-hybridized carbons (Fsp3) is 0.167. The predicted octanol–water partition coefficient (Wildman–Crippen LogP) is 4.84. The van der Waals surface area contributed by atoms with Crippen molar-refractivity contribution in [1.29, 1.82) is 0 Å². The number of carbonyl (C=O) groups is 2. The first-order chi connectivity index (χ1) is 13.6. The third-order valence-electron chi connectivity index (χ3n) is 4.50. The van der Waals surface area contributed by atoms with E-state index < -0.39 is 0 Å². The summed E-state index contributed by atoms with van der Waals surface area (Å²) in [6.07, 6.45) is 0.318. The van der Waals surface area contributed by atoms with Crippen molar-refractivity contribution in [1.82, 2.24) is 0 Å². The van der Waals surface area contributed by atoms with Gasteiger partial charge in [0.15, 0.2) is 0 Å². The van der Waals surface area contributed by atoms with Gasteiger partial charge in [0.05, 0.1) is 6.42 Å². The Kier molecular flexibility index (Phi) is 6.22. The first kappa shape index (κ1) is 19.4. The fourth-order valence-electron chi connectivity index (χ4n) is 3.08. The molecular formula is C24H24N2O2. The molecular weight excluding hydrogens is 348 g/mol. The van der Waals surface area contributed by atoms with Crippen LogP contribution in [0.5, 0.6) is 0 Å². The Hall–Kier alpha value is -3.40. The van der Waals surface area contributed by atoms with Gasteiger partial charge in [-0.2, -0.15) is 0 Å². The summed E-state index contributed by atoms with van der Waals surface area (Å²) in [7, 11) is 0. The van der Waals surface area contributed by atoms with Crippen LogP contribution < -0.4 is 10.2 Å². The van der Waals surface area contributed by atoms with Crippen molar-refractivity contribution in [3.05, 3.63) is 95.6 Å². The summed E-state index contributed by atoms with van der Waals surface area (Å²) in [6, 6.07) is 24.5. The van der Waals surface area contributed by atoms with E-state index in [1.807, 2.05) is 68.4 Å². The molecule has 0 unspecified atom stereocenters. The second-order valence-corrected chi connectivity index (χ2v) is 6.68. The van der Waals surface area contributed by atoms with Gasteiger partial charge < -0.3 is 10.2 Å². The number of carbonyl (C=O) groups excluding carboxylic acids is 2. The third-order valence-corrected chi connectivity index (χ3v) is 4.50. The smallest absolute Gasteiger partial charge is 0.258 e. The van der Waals surface area contributed by atoms with Crippen molar-refractivity contribution in [2.45, 2.75) is 20.3 Å². The third kappa shape index (κ3) is 4.86. The molecule has 2 amide bonds. The highest BCUT2D eigenvalue weighted by Crippen LogP contribution is 2.19. The van der Waals surface area contributed by atoms with E-state index in [2.05, 4.69) is 5.32 Å². The number of anilines is 2. The Balaban J connectivity index is 1.67. The van der Waals surface area contributed by atoms with E-state index in [9.17, 15) is 9.59 Å². The zero-order chi connectivity index (χ0) is 19.9. The molecule has 0 heterocycles. The lowest BCUT2D eigenvalue weighted by Gasteiger charge is -2.21. The number of rotatable bonds is 6. The van der Waals surface area contributed by atoms with Crippen molar-refractivity contribution < 1.29 is 9.59 Å². The minimum absolute atomic E-state index is 0.0599. The molecule has 0 radical (unpaired) electrons. The summed E-state index contributed by atoms with van der Waals surface area (Å²) in [4.78, 5) is 26.8. The Morgan fingerprint density at radius 2 is 1.61 bits per heavy atom. The lowest BCUT2D eigenvalue weighted by molar-refractivity contribution is -0.115. The van der Waals surface area contributed by atoms with Gasteiger partial charge >= 0.3 is 0 Å². The average molecular weight is 372 g/mol. The molecule has 0 aliphatic carbocycles. The maximum Gasteiger partial charge on any atom is 0.258 e. The molecule has 0 spiro atoms. The Morgan fingerprint density at radius 3 is 2.25 bits per heavy atom. The summed E-state index contributed by atoms with van der Waals surface area (Å²) >= 11 is 0. The second kappa shape index (κ2) is 9.00. The lowest BCUT2D eigenvalue weighted by Crippen LogP contribution is -2.30. The molecule has 0 saturated carbocycles. The fourth-order valence-corrected chi connectivity index (χ4v) is 3.08. The molecule has 0 atom stereocenters. The molecule has 0 fully saturated rings. The van der Waals surface area contributed by atoms with Crippen molar-refractivity contribution >= 4 is 23.2 Å². The van der Waals surface area contributed by atoms with Crippen molar-refractivity contribution in [3.63, 3.8) is 0 Å². The minimum atomic E-state index is -0.0831. The highest BCUT2D eigenvalue weighted by molar-refractivity contribution is 6.06. The van der Waals surface area contributed by atoms with E-state index in [1.165, 1.54) is 0 Å². The van der Waals surface area contributed by atoms with Crippen LogP contribution in [0.2, 0.25) is 0 Å². The number of nitrogens with one attached hydrogen (secondary N) is 1. The van der Waals surface area contributed by atoms with Gasteiger partial charge in [0.25, 0.3) is 5.91 Å². The first-order valence-corrected chi connectivity index (χ1v) is 9.39. The monoisotopic (exact) mass is 372 g/mol. The van der Waals surface area contributed by atoms with E-state index >= 15 is 0 Å². The van der Waals surface area contributed by atoms with Gasteiger partial charge in [-0.15, -0.1) is 0 Å². The average Bonchev–Trinajstić information content (AvgIpc) is 2.70. The number of hydrogen-bond donors (Lipinski definition) is 1. The van der Waals surface area contributed by atoms with Gasteiger partial charge in [0.1, 0.15) is 0 Å². The van der Waals surface area contributed by atoms with Gasteiger partial charge in [0, 0.05) is 23.5 Å². The van der Waals surface area contributed by atoms with Crippen molar-refractivity contribution in [2.75, 3.05) is 16.8 Å². The van der Waals surface area contributed by atoms with Crippen LogP contribution in [0.4, 0.5) is 11.4 Å². The van der Waals surface area contributed by atoms with E-state index in [0.717, 1.165) is 16.8 Å². The largest absolute Gasteiger partial charge is 0.326 e. The summed E-state index contributed by atoms with van der Waals surface area (Å²) in [5.41, 5.74) is 4.22. The number of nitrogens with zero attached hydrogens (tertiary/aromatic N) is 1. The molecule has 28 heavy (non-hydrogen) atoms. The molecule has 0 saturated heterocycles. The second-order valence-electron chi connectivity index (χ2n) is 6.68. The molecule has 3 aromatic rings. The Labute approximate surface area is 165 Å². The van der Waals surface area contributed by atoms with Crippen molar-refractivity contribution in [3.8, 4) is 0 Å². The number of hydrogen-bond acceptors (Lipinski definition) is 2. The topological polar surface area (TPSA) is 49.4 Å². The van der Waals surface area contributed by atoms with Crippen LogP contribution in [0.3, 0.4) is 0 Å². The number of aryl methyl sites for hydroxylation is 1. The lowest BCUT2D eigenvalue weighted by atomic mass is 10.1. The quantitative estimate of drug-likeness (QED) is 0.673. The van der Waals surface area contributed by atoms with Crippen LogP contribution in [-0.2, 0) is 11.2 Å². The van der Waals surface area contributed by atoms with Crippen LogP contribution in [-0.4, -0.2) is 18.4 Å². The summed E-state index contributed by atoms with van der Waals surface area (Å²) in [6.45, 7) is 4.55. The van der Waals surface area contributed by atoms with E-state index in [4.69, 9.17) is 0 Å². The number of benzene rings is 3. The Morgan fingerprint density at radius 1 is 0.893 bits per heavy atom. The molecule has 142 valence electrons. The molecule has 3 aromatic carbocycles.